The van der Waals surface area contributed by atoms with Gasteiger partial charge in [-0.05, 0) is 43.0 Å². The highest BCUT2D eigenvalue weighted by molar-refractivity contribution is 7.89. The summed E-state index contributed by atoms with van der Waals surface area (Å²) in [4.78, 5) is 19.0. The SMILES string of the molecule is Cc1cnc2c(S(=O)(=O)N3CCN(C(=O)c4cc(CC(C)C)[nH]n4)CC3)cccc2c1. The Labute approximate surface area is 182 Å². The zero-order chi connectivity index (χ0) is 22.2. The van der Waals surface area contributed by atoms with Crippen LogP contribution in [0.25, 0.3) is 10.9 Å². The first-order chi connectivity index (χ1) is 14.8. The molecule has 0 aliphatic carbocycles. The van der Waals surface area contributed by atoms with Gasteiger partial charge in [0.05, 0.1) is 5.52 Å². The van der Waals surface area contributed by atoms with Crippen LogP contribution in [0.2, 0.25) is 0 Å². The average Bonchev–Trinajstić information content (AvgIpc) is 3.20. The van der Waals surface area contributed by atoms with Crippen LogP contribution in [0.4, 0.5) is 0 Å². The molecule has 4 rings (SSSR count). The number of para-hydroxylation sites is 1. The molecule has 3 heterocycles. The number of carbonyl (C=O) groups is 1. The summed E-state index contributed by atoms with van der Waals surface area (Å²) in [7, 11) is -3.71. The molecule has 0 spiro atoms. The first-order valence-electron chi connectivity index (χ1n) is 10.4. The second-order valence-electron chi connectivity index (χ2n) is 8.41. The van der Waals surface area contributed by atoms with Crippen molar-refractivity contribution in [1.82, 2.24) is 24.4 Å². The molecule has 9 heteroatoms. The summed E-state index contributed by atoms with van der Waals surface area (Å²) in [5, 5.41) is 7.86. The average molecular weight is 442 g/mol. The molecule has 8 nitrogen and oxygen atoms in total. The van der Waals surface area contributed by atoms with Gasteiger partial charge >= 0.3 is 0 Å². The second-order valence-corrected chi connectivity index (χ2v) is 10.3. The van der Waals surface area contributed by atoms with E-state index in [0.717, 1.165) is 23.1 Å². The van der Waals surface area contributed by atoms with E-state index in [2.05, 4.69) is 29.0 Å². The van der Waals surface area contributed by atoms with E-state index < -0.39 is 10.0 Å². The molecule has 0 unspecified atom stereocenters. The highest BCUT2D eigenvalue weighted by Gasteiger charge is 2.32. The number of rotatable bonds is 5. The minimum Gasteiger partial charge on any atom is -0.335 e. The van der Waals surface area contributed by atoms with Gasteiger partial charge in [0.1, 0.15) is 10.6 Å². The fourth-order valence-electron chi connectivity index (χ4n) is 3.90. The van der Waals surface area contributed by atoms with E-state index in [1.165, 1.54) is 4.31 Å². The first-order valence-corrected chi connectivity index (χ1v) is 11.9. The number of nitrogens with zero attached hydrogens (tertiary/aromatic N) is 4. The summed E-state index contributed by atoms with van der Waals surface area (Å²) in [6.45, 7) is 7.25. The Balaban J connectivity index is 1.48. The van der Waals surface area contributed by atoms with Crippen molar-refractivity contribution in [3.8, 4) is 0 Å². The van der Waals surface area contributed by atoms with E-state index in [1.807, 2.05) is 19.1 Å². The van der Waals surface area contributed by atoms with E-state index in [0.29, 0.717) is 30.2 Å². The molecular weight excluding hydrogens is 414 g/mol. The minimum absolute atomic E-state index is 0.175. The van der Waals surface area contributed by atoms with Gasteiger partial charge in [-0.3, -0.25) is 14.9 Å². The van der Waals surface area contributed by atoms with Crippen LogP contribution in [0.15, 0.2) is 41.4 Å². The van der Waals surface area contributed by atoms with Crippen molar-refractivity contribution in [2.45, 2.75) is 32.1 Å². The van der Waals surface area contributed by atoms with Crippen molar-refractivity contribution in [3.63, 3.8) is 0 Å². The molecule has 1 aromatic carbocycles. The van der Waals surface area contributed by atoms with Crippen molar-refractivity contribution >= 4 is 26.8 Å². The van der Waals surface area contributed by atoms with Crippen LogP contribution in [0.5, 0.6) is 0 Å². The number of hydrogen-bond donors (Lipinski definition) is 1. The highest BCUT2D eigenvalue weighted by Crippen LogP contribution is 2.25. The Morgan fingerprint density at radius 2 is 1.90 bits per heavy atom. The van der Waals surface area contributed by atoms with Crippen LogP contribution in [0.1, 0.15) is 35.6 Å². The van der Waals surface area contributed by atoms with E-state index in [4.69, 9.17) is 0 Å². The number of nitrogens with one attached hydrogen (secondary N) is 1. The fraction of sp³-hybridized carbons (Fsp3) is 0.409. The van der Waals surface area contributed by atoms with Gasteiger partial charge in [0.25, 0.3) is 5.91 Å². The summed E-state index contributed by atoms with van der Waals surface area (Å²) in [5.74, 6) is 0.287. The molecule has 3 aromatic rings. The molecule has 1 aliphatic rings. The van der Waals surface area contributed by atoms with Crippen LogP contribution >= 0.6 is 0 Å². The molecule has 0 bridgehead atoms. The third-order valence-electron chi connectivity index (χ3n) is 5.43. The Hall–Kier alpha value is -2.78. The number of aromatic nitrogens is 3. The number of aromatic amines is 1. The number of sulfonamides is 1. The Morgan fingerprint density at radius 3 is 2.61 bits per heavy atom. The lowest BCUT2D eigenvalue weighted by molar-refractivity contribution is 0.0692. The molecule has 31 heavy (non-hydrogen) atoms. The van der Waals surface area contributed by atoms with E-state index in [-0.39, 0.29) is 23.9 Å². The van der Waals surface area contributed by atoms with Gasteiger partial charge in [-0.15, -0.1) is 0 Å². The monoisotopic (exact) mass is 441 g/mol. The van der Waals surface area contributed by atoms with Crippen LogP contribution in [-0.4, -0.2) is 64.9 Å². The third-order valence-corrected chi connectivity index (χ3v) is 7.36. The fourth-order valence-corrected chi connectivity index (χ4v) is 5.49. The zero-order valence-electron chi connectivity index (χ0n) is 18.0. The lowest BCUT2D eigenvalue weighted by Crippen LogP contribution is -2.50. The number of carbonyl (C=O) groups excluding carboxylic acids is 1. The van der Waals surface area contributed by atoms with Gasteiger partial charge < -0.3 is 4.90 Å². The topological polar surface area (TPSA) is 99.3 Å². The number of H-pyrrole nitrogens is 1. The molecule has 1 aliphatic heterocycles. The predicted octanol–water partition coefficient (Wildman–Crippen LogP) is 2.61. The number of amides is 1. The van der Waals surface area contributed by atoms with Gasteiger partial charge in [-0.1, -0.05) is 26.0 Å². The summed E-state index contributed by atoms with van der Waals surface area (Å²) in [5.41, 5.74) is 2.75. The number of pyridine rings is 1. The highest BCUT2D eigenvalue weighted by atomic mass is 32.2. The second kappa shape index (κ2) is 8.39. The van der Waals surface area contributed by atoms with Crippen molar-refractivity contribution in [1.29, 1.82) is 0 Å². The van der Waals surface area contributed by atoms with E-state index in [1.54, 1.807) is 29.3 Å². The van der Waals surface area contributed by atoms with Crippen molar-refractivity contribution in [3.05, 3.63) is 53.5 Å². The maximum Gasteiger partial charge on any atom is 0.274 e. The van der Waals surface area contributed by atoms with Crippen LogP contribution in [0.3, 0.4) is 0 Å². The standard InChI is InChI=1S/C22H27N5O3S/c1-15(2)11-18-13-19(25-24-18)22(28)26-7-9-27(10-8-26)31(29,30)20-6-4-5-17-12-16(3)14-23-21(17)20/h4-6,12-15H,7-11H2,1-3H3,(H,24,25). The Morgan fingerprint density at radius 1 is 1.16 bits per heavy atom. The number of piperazine rings is 1. The number of aryl methyl sites for hydroxylation is 1. The van der Waals surface area contributed by atoms with Gasteiger partial charge in [0.2, 0.25) is 10.0 Å². The maximum atomic E-state index is 13.3. The quantitative estimate of drug-likeness (QED) is 0.656. The summed E-state index contributed by atoms with van der Waals surface area (Å²) >= 11 is 0. The van der Waals surface area contributed by atoms with Gasteiger partial charge in [-0.25, -0.2) is 8.42 Å². The minimum atomic E-state index is -3.71. The molecule has 0 atom stereocenters. The summed E-state index contributed by atoms with van der Waals surface area (Å²) < 4.78 is 28.0. The summed E-state index contributed by atoms with van der Waals surface area (Å²) in [6, 6.07) is 8.91. The van der Waals surface area contributed by atoms with Crippen molar-refractivity contribution in [2.24, 2.45) is 5.92 Å². The smallest absolute Gasteiger partial charge is 0.274 e. The number of hydrogen-bond acceptors (Lipinski definition) is 5. The predicted molar refractivity (Wildman–Crippen MR) is 118 cm³/mol. The maximum absolute atomic E-state index is 13.3. The van der Waals surface area contributed by atoms with Crippen LogP contribution in [-0.2, 0) is 16.4 Å². The summed E-state index contributed by atoms with van der Waals surface area (Å²) in [6.07, 6.45) is 2.50. The molecule has 0 saturated carbocycles. The Bertz CT molecular complexity index is 1210. The van der Waals surface area contributed by atoms with Gasteiger partial charge in [-0.2, -0.15) is 9.40 Å². The van der Waals surface area contributed by atoms with E-state index >= 15 is 0 Å². The molecule has 1 fully saturated rings. The lowest BCUT2D eigenvalue weighted by atomic mass is 10.1. The molecule has 0 radical (unpaired) electrons. The molecule has 164 valence electrons. The lowest BCUT2D eigenvalue weighted by Gasteiger charge is -2.33. The van der Waals surface area contributed by atoms with Crippen LogP contribution < -0.4 is 0 Å². The largest absolute Gasteiger partial charge is 0.335 e. The molecular formula is C22H27N5O3S. The molecule has 1 saturated heterocycles. The number of fused-ring (bicyclic) bond motifs is 1. The Kier molecular flexibility index (Phi) is 5.81. The molecule has 1 N–H and O–H groups in total. The van der Waals surface area contributed by atoms with E-state index in [9.17, 15) is 13.2 Å². The van der Waals surface area contributed by atoms with Crippen molar-refractivity contribution in [2.75, 3.05) is 26.2 Å². The normalized spacial score (nSPS) is 15.7. The number of benzene rings is 1. The van der Waals surface area contributed by atoms with Crippen molar-refractivity contribution < 1.29 is 13.2 Å². The van der Waals surface area contributed by atoms with Gasteiger partial charge in [0.15, 0.2) is 0 Å². The van der Waals surface area contributed by atoms with Gasteiger partial charge in [0, 0.05) is 43.5 Å². The first kappa shape index (κ1) is 21.5. The zero-order valence-corrected chi connectivity index (χ0v) is 18.8. The molecule has 1 amide bonds. The third kappa shape index (κ3) is 4.33. The molecule has 2 aromatic heterocycles. The van der Waals surface area contributed by atoms with Crippen LogP contribution in [0, 0.1) is 12.8 Å².